The Kier molecular flexibility index (Phi) is 5.76. The molecule has 0 bridgehead atoms. The van der Waals surface area contributed by atoms with E-state index in [2.05, 4.69) is 5.32 Å². The van der Waals surface area contributed by atoms with Gasteiger partial charge in [0.2, 0.25) is 0 Å². The predicted octanol–water partition coefficient (Wildman–Crippen LogP) is 3.34. The van der Waals surface area contributed by atoms with Crippen molar-refractivity contribution in [1.82, 2.24) is 0 Å². The van der Waals surface area contributed by atoms with Crippen molar-refractivity contribution < 1.29 is 18.7 Å². The van der Waals surface area contributed by atoms with Crippen LogP contribution in [0.5, 0.6) is 0 Å². The second-order valence-electron chi connectivity index (χ2n) is 5.19. The molecule has 0 aromatic heterocycles. The van der Waals surface area contributed by atoms with Gasteiger partial charge in [0.15, 0.2) is 6.61 Å². The van der Waals surface area contributed by atoms with Crippen LogP contribution in [-0.4, -0.2) is 32.6 Å². The number of ether oxygens (including phenoxy) is 1. The van der Waals surface area contributed by atoms with E-state index >= 15 is 0 Å². The normalized spacial score (nSPS) is 10.2. The molecule has 2 rings (SSSR count). The Morgan fingerprint density at radius 1 is 1.17 bits per heavy atom. The number of carbonyl (C=O) groups is 2. The van der Waals surface area contributed by atoms with Gasteiger partial charge in [-0.15, -0.1) is 0 Å². The maximum atomic E-state index is 13.0. The Labute approximate surface area is 144 Å². The third-order valence-corrected chi connectivity index (χ3v) is 3.45. The fourth-order valence-electron chi connectivity index (χ4n) is 1.88. The van der Waals surface area contributed by atoms with Crippen molar-refractivity contribution >= 4 is 34.9 Å². The van der Waals surface area contributed by atoms with Gasteiger partial charge in [0.1, 0.15) is 5.82 Å². The number of carbonyl (C=O) groups excluding carboxylic acids is 2. The molecular formula is C17H16ClFN2O3. The fraction of sp³-hybridized carbons (Fsp3) is 0.176. The summed E-state index contributed by atoms with van der Waals surface area (Å²) < 4.78 is 18.0. The van der Waals surface area contributed by atoms with Crippen LogP contribution in [0, 0.1) is 5.82 Å². The highest BCUT2D eigenvalue weighted by atomic mass is 35.5. The second kappa shape index (κ2) is 7.79. The van der Waals surface area contributed by atoms with Crippen molar-refractivity contribution in [1.29, 1.82) is 0 Å². The summed E-state index contributed by atoms with van der Waals surface area (Å²) in [5.41, 5.74) is 1.61. The molecule has 0 aliphatic heterocycles. The number of hydrogen-bond acceptors (Lipinski definition) is 4. The quantitative estimate of drug-likeness (QED) is 0.840. The summed E-state index contributed by atoms with van der Waals surface area (Å²) in [6, 6.07) is 10.6. The highest BCUT2D eigenvalue weighted by Crippen LogP contribution is 2.19. The van der Waals surface area contributed by atoms with E-state index in [1.54, 1.807) is 24.3 Å². The maximum absolute atomic E-state index is 13.0. The lowest BCUT2D eigenvalue weighted by molar-refractivity contribution is -0.119. The summed E-state index contributed by atoms with van der Waals surface area (Å²) >= 11 is 5.62. The molecule has 0 atom stereocenters. The average molecular weight is 351 g/mol. The molecule has 0 heterocycles. The van der Waals surface area contributed by atoms with E-state index in [9.17, 15) is 14.0 Å². The van der Waals surface area contributed by atoms with Gasteiger partial charge in [0.25, 0.3) is 5.91 Å². The van der Waals surface area contributed by atoms with Gasteiger partial charge >= 0.3 is 5.97 Å². The average Bonchev–Trinajstić information content (AvgIpc) is 2.56. The van der Waals surface area contributed by atoms with E-state index in [0.717, 1.165) is 11.8 Å². The van der Waals surface area contributed by atoms with E-state index in [1.165, 1.54) is 12.1 Å². The number of rotatable bonds is 5. The highest BCUT2D eigenvalue weighted by molar-refractivity contribution is 6.31. The molecule has 0 aliphatic rings. The monoisotopic (exact) mass is 350 g/mol. The zero-order chi connectivity index (χ0) is 17.7. The first-order valence-electron chi connectivity index (χ1n) is 7.06. The molecule has 7 heteroatoms. The first-order valence-corrected chi connectivity index (χ1v) is 7.44. The van der Waals surface area contributed by atoms with Crippen LogP contribution in [0.4, 0.5) is 15.8 Å². The number of hydrogen-bond donors (Lipinski definition) is 1. The minimum atomic E-state index is -0.604. The molecule has 0 unspecified atom stereocenters. The van der Waals surface area contributed by atoms with Crippen LogP contribution in [0.25, 0.3) is 0 Å². The van der Waals surface area contributed by atoms with Crippen LogP contribution in [0.2, 0.25) is 5.02 Å². The number of esters is 1. The number of nitrogens with zero attached hydrogens (tertiary/aromatic N) is 1. The van der Waals surface area contributed by atoms with Crippen molar-refractivity contribution in [2.24, 2.45) is 0 Å². The summed E-state index contributed by atoms with van der Waals surface area (Å²) in [4.78, 5) is 25.6. The lowest BCUT2D eigenvalue weighted by atomic mass is 10.2. The Morgan fingerprint density at radius 3 is 2.42 bits per heavy atom. The van der Waals surface area contributed by atoms with E-state index < -0.39 is 24.3 Å². The van der Waals surface area contributed by atoms with Gasteiger partial charge in [0, 0.05) is 25.5 Å². The summed E-state index contributed by atoms with van der Waals surface area (Å²) in [5, 5.41) is 2.36. The number of amides is 1. The standard InChI is InChI=1S/C17H16ClFN2O3/c1-21(2)13-6-3-11(4-7-13)17(23)24-10-16(22)20-12-5-8-15(19)14(18)9-12/h3-9H,10H2,1-2H3,(H,20,22). The molecule has 24 heavy (non-hydrogen) atoms. The number of halogens is 2. The van der Waals surface area contributed by atoms with E-state index in [1.807, 2.05) is 19.0 Å². The minimum absolute atomic E-state index is 0.106. The molecule has 0 fully saturated rings. The molecule has 0 aliphatic carbocycles. The van der Waals surface area contributed by atoms with Crippen LogP contribution >= 0.6 is 11.6 Å². The summed E-state index contributed by atoms with van der Waals surface area (Å²) in [5.74, 6) is -1.73. The van der Waals surface area contributed by atoms with Gasteiger partial charge in [-0.25, -0.2) is 9.18 Å². The molecule has 1 N–H and O–H groups in total. The van der Waals surface area contributed by atoms with Gasteiger partial charge in [-0.05, 0) is 42.5 Å². The molecule has 2 aromatic carbocycles. The van der Waals surface area contributed by atoms with Crippen LogP contribution in [0.15, 0.2) is 42.5 Å². The topological polar surface area (TPSA) is 58.6 Å². The van der Waals surface area contributed by atoms with Crippen molar-refractivity contribution in [3.63, 3.8) is 0 Å². The van der Waals surface area contributed by atoms with Gasteiger partial charge in [0.05, 0.1) is 10.6 Å². The molecule has 2 aromatic rings. The first-order chi connectivity index (χ1) is 11.4. The summed E-state index contributed by atoms with van der Waals surface area (Å²) in [6.45, 7) is -0.455. The number of nitrogens with one attached hydrogen (secondary N) is 1. The zero-order valence-corrected chi connectivity index (χ0v) is 13.9. The molecule has 0 spiro atoms. The minimum Gasteiger partial charge on any atom is -0.452 e. The SMILES string of the molecule is CN(C)c1ccc(C(=O)OCC(=O)Nc2ccc(F)c(Cl)c2)cc1. The van der Waals surface area contributed by atoms with Crippen molar-refractivity contribution in [2.75, 3.05) is 30.9 Å². The molecule has 0 saturated carbocycles. The Morgan fingerprint density at radius 2 is 1.83 bits per heavy atom. The Hall–Kier alpha value is -2.60. The third kappa shape index (κ3) is 4.70. The van der Waals surface area contributed by atoms with Crippen LogP contribution < -0.4 is 10.2 Å². The Balaban J connectivity index is 1.88. The molecule has 0 saturated heterocycles. The maximum Gasteiger partial charge on any atom is 0.338 e. The third-order valence-electron chi connectivity index (χ3n) is 3.16. The first kappa shape index (κ1) is 17.7. The molecule has 5 nitrogen and oxygen atoms in total. The van der Waals surface area contributed by atoms with E-state index in [4.69, 9.17) is 16.3 Å². The van der Waals surface area contributed by atoms with Crippen LogP contribution in [-0.2, 0) is 9.53 Å². The van der Waals surface area contributed by atoms with Crippen LogP contribution in [0.1, 0.15) is 10.4 Å². The Bertz CT molecular complexity index is 748. The van der Waals surface area contributed by atoms with Gasteiger partial charge < -0.3 is 15.0 Å². The molecule has 126 valence electrons. The van der Waals surface area contributed by atoms with Crippen molar-refractivity contribution in [3.8, 4) is 0 Å². The second-order valence-corrected chi connectivity index (χ2v) is 5.60. The van der Waals surface area contributed by atoms with Gasteiger partial charge in [-0.1, -0.05) is 11.6 Å². The van der Waals surface area contributed by atoms with Gasteiger partial charge in [-0.3, -0.25) is 4.79 Å². The van der Waals surface area contributed by atoms with E-state index in [-0.39, 0.29) is 5.02 Å². The number of anilines is 2. The summed E-state index contributed by atoms with van der Waals surface area (Å²) in [7, 11) is 3.78. The smallest absolute Gasteiger partial charge is 0.338 e. The molecular weight excluding hydrogens is 335 g/mol. The van der Waals surface area contributed by atoms with E-state index in [0.29, 0.717) is 11.3 Å². The van der Waals surface area contributed by atoms with Gasteiger partial charge in [-0.2, -0.15) is 0 Å². The highest BCUT2D eigenvalue weighted by Gasteiger charge is 2.11. The van der Waals surface area contributed by atoms with Crippen LogP contribution in [0.3, 0.4) is 0 Å². The number of benzene rings is 2. The molecule has 1 amide bonds. The predicted molar refractivity (Wildman–Crippen MR) is 91.1 cm³/mol. The summed E-state index contributed by atoms with van der Waals surface area (Å²) in [6.07, 6.45) is 0. The molecule has 0 radical (unpaired) electrons. The van der Waals surface area contributed by atoms with Crippen molar-refractivity contribution in [2.45, 2.75) is 0 Å². The lowest BCUT2D eigenvalue weighted by Gasteiger charge is -2.12. The largest absolute Gasteiger partial charge is 0.452 e. The lowest BCUT2D eigenvalue weighted by Crippen LogP contribution is -2.21. The fourth-order valence-corrected chi connectivity index (χ4v) is 2.06. The zero-order valence-electron chi connectivity index (χ0n) is 13.2. The van der Waals surface area contributed by atoms with Crippen molar-refractivity contribution in [3.05, 3.63) is 58.9 Å².